The molecule has 0 unspecified atom stereocenters. The summed E-state index contributed by atoms with van der Waals surface area (Å²) in [5, 5.41) is 7.04. The molecule has 0 radical (unpaired) electrons. The van der Waals surface area contributed by atoms with Gasteiger partial charge in [-0.15, -0.1) is 0 Å². The van der Waals surface area contributed by atoms with Crippen LogP contribution in [0.2, 0.25) is 0 Å². The normalized spacial score (nSPS) is 12.3. The zero-order valence-electron chi connectivity index (χ0n) is 15.3. The molecule has 1 amide bonds. The lowest BCUT2D eigenvalue weighted by molar-refractivity contribution is 0.102. The molecule has 8 heteroatoms. The molecule has 1 N–H and O–H groups in total. The zero-order chi connectivity index (χ0) is 19.3. The summed E-state index contributed by atoms with van der Waals surface area (Å²) in [6.07, 6.45) is 1.68. The molecule has 8 nitrogen and oxygen atoms in total. The van der Waals surface area contributed by atoms with E-state index in [1.807, 2.05) is 12.1 Å². The number of carbonyl (C=O) groups is 1. The number of rotatable bonds is 6. The van der Waals surface area contributed by atoms with Crippen LogP contribution in [-0.4, -0.2) is 36.0 Å². The van der Waals surface area contributed by atoms with Crippen molar-refractivity contribution in [3.05, 3.63) is 60.4 Å². The maximum absolute atomic E-state index is 12.4. The molecular weight excluding hydrogens is 362 g/mol. The minimum atomic E-state index is -0.320. The number of hydrogen-bond acceptors (Lipinski definition) is 6. The van der Waals surface area contributed by atoms with Crippen molar-refractivity contribution in [2.24, 2.45) is 0 Å². The van der Waals surface area contributed by atoms with E-state index in [9.17, 15) is 4.79 Å². The van der Waals surface area contributed by atoms with E-state index >= 15 is 0 Å². The molecule has 144 valence electrons. The van der Waals surface area contributed by atoms with Crippen LogP contribution >= 0.6 is 0 Å². The lowest BCUT2D eigenvalue weighted by Gasteiger charge is -2.18. The summed E-state index contributed by atoms with van der Waals surface area (Å²) in [7, 11) is 1.61. The van der Waals surface area contributed by atoms with Gasteiger partial charge in [0.05, 0.1) is 7.11 Å². The quantitative estimate of drug-likeness (QED) is 0.707. The SMILES string of the molecule is COc1ccc(OCn2ccc(C(=O)Nc3ccc4c(c3)OCCO4)n2)cc1. The maximum atomic E-state index is 12.4. The summed E-state index contributed by atoms with van der Waals surface area (Å²) in [6.45, 7) is 1.20. The van der Waals surface area contributed by atoms with E-state index in [1.54, 1.807) is 54.4 Å². The second kappa shape index (κ2) is 7.91. The minimum Gasteiger partial charge on any atom is -0.497 e. The molecule has 0 saturated carbocycles. The predicted molar refractivity (Wildman–Crippen MR) is 101 cm³/mol. The number of anilines is 1. The highest BCUT2D eigenvalue weighted by molar-refractivity contribution is 6.02. The van der Waals surface area contributed by atoms with E-state index in [-0.39, 0.29) is 18.3 Å². The van der Waals surface area contributed by atoms with Gasteiger partial charge in [0.2, 0.25) is 0 Å². The van der Waals surface area contributed by atoms with Gasteiger partial charge in [-0.25, -0.2) is 4.68 Å². The van der Waals surface area contributed by atoms with Crippen molar-refractivity contribution >= 4 is 11.6 Å². The summed E-state index contributed by atoms with van der Waals surface area (Å²) in [6, 6.07) is 14.1. The van der Waals surface area contributed by atoms with E-state index in [0.29, 0.717) is 36.1 Å². The summed E-state index contributed by atoms with van der Waals surface area (Å²) in [5.74, 6) is 2.40. The molecule has 0 aliphatic carbocycles. The number of carbonyl (C=O) groups excluding carboxylic acids is 1. The third-order valence-electron chi connectivity index (χ3n) is 4.10. The molecular formula is C20H19N3O5. The lowest BCUT2D eigenvalue weighted by Crippen LogP contribution is -2.17. The second-order valence-electron chi connectivity index (χ2n) is 6.00. The van der Waals surface area contributed by atoms with E-state index in [2.05, 4.69) is 10.4 Å². The van der Waals surface area contributed by atoms with Crippen LogP contribution in [0.25, 0.3) is 0 Å². The van der Waals surface area contributed by atoms with Crippen LogP contribution in [0, 0.1) is 0 Å². The summed E-state index contributed by atoms with van der Waals surface area (Å²) in [5.41, 5.74) is 0.895. The standard InChI is InChI=1S/C20H19N3O5/c1-25-15-3-5-16(6-4-15)28-13-23-9-8-17(22-23)20(24)21-14-2-7-18-19(12-14)27-11-10-26-18/h2-9,12H,10-11,13H2,1H3,(H,21,24). The third-order valence-corrected chi connectivity index (χ3v) is 4.10. The third kappa shape index (κ3) is 4.01. The fourth-order valence-electron chi connectivity index (χ4n) is 2.68. The Morgan fingerprint density at radius 3 is 2.61 bits per heavy atom. The van der Waals surface area contributed by atoms with Gasteiger partial charge in [0, 0.05) is 18.0 Å². The van der Waals surface area contributed by atoms with E-state index in [0.717, 1.165) is 5.75 Å². The monoisotopic (exact) mass is 381 g/mol. The summed E-state index contributed by atoms with van der Waals surface area (Å²) < 4.78 is 23.3. The van der Waals surface area contributed by atoms with Crippen molar-refractivity contribution in [2.45, 2.75) is 6.73 Å². The first-order chi connectivity index (χ1) is 13.7. The van der Waals surface area contributed by atoms with Gasteiger partial charge in [0.15, 0.2) is 23.9 Å². The van der Waals surface area contributed by atoms with Gasteiger partial charge in [-0.1, -0.05) is 0 Å². The Bertz CT molecular complexity index is 968. The molecule has 1 aliphatic rings. The van der Waals surface area contributed by atoms with Crippen molar-refractivity contribution in [3.63, 3.8) is 0 Å². The van der Waals surface area contributed by atoms with Gasteiger partial charge >= 0.3 is 0 Å². The van der Waals surface area contributed by atoms with Gasteiger partial charge in [-0.05, 0) is 42.5 Å². The van der Waals surface area contributed by atoms with Crippen molar-refractivity contribution in [1.29, 1.82) is 0 Å². The highest BCUT2D eigenvalue weighted by Crippen LogP contribution is 2.32. The molecule has 28 heavy (non-hydrogen) atoms. The zero-order valence-corrected chi connectivity index (χ0v) is 15.3. The van der Waals surface area contributed by atoms with Crippen LogP contribution in [-0.2, 0) is 6.73 Å². The number of methoxy groups -OCH3 is 1. The average Bonchev–Trinajstić information content (AvgIpc) is 3.22. The Balaban J connectivity index is 1.36. The number of fused-ring (bicyclic) bond motifs is 1. The predicted octanol–water partition coefficient (Wildman–Crippen LogP) is 2.95. The van der Waals surface area contributed by atoms with Crippen LogP contribution in [0.1, 0.15) is 10.5 Å². The minimum absolute atomic E-state index is 0.184. The maximum Gasteiger partial charge on any atom is 0.276 e. The molecule has 3 aromatic rings. The first-order valence-corrected chi connectivity index (χ1v) is 8.72. The highest BCUT2D eigenvalue weighted by Gasteiger charge is 2.14. The van der Waals surface area contributed by atoms with Gasteiger partial charge in [0.1, 0.15) is 24.7 Å². The van der Waals surface area contributed by atoms with Gasteiger partial charge in [-0.3, -0.25) is 4.79 Å². The Labute approximate surface area is 161 Å². The van der Waals surface area contributed by atoms with Gasteiger partial charge < -0.3 is 24.3 Å². The van der Waals surface area contributed by atoms with E-state index in [4.69, 9.17) is 18.9 Å². The Kier molecular flexibility index (Phi) is 5.01. The molecule has 2 aromatic carbocycles. The number of aromatic nitrogens is 2. The second-order valence-corrected chi connectivity index (χ2v) is 6.00. The van der Waals surface area contributed by atoms with Crippen LogP contribution in [0.3, 0.4) is 0 Å². The summed E-state index contributed by atoms with van der Waals surface area (Å²) in [4.78, 5) is 12.4. The van der Waals surface area contributed by atoms with Crippen molar-refractivity contribution in [3.8, 4) is 23.0 Å². The molecule has 4 rings (SSSR count). The van der Waals surface area contributed by atoms with E-state index in [1.165, 1.54) is 0 Å². The molecule has 1 aromatic heterocycles. The largest absolute Gasteiger partial charge is 0.497 e. The fraction of sp³-hybridized carbons (Fsp3) is 0.200. The first kappa shape index (κ1) is 17.7. The number of benzene rings is 2. The van der Waals surface area contributed by atoms with Crippen molar-refractivity contribution in [1.82, 2.24) is 9.78 Å². The topological polar surface area (TPSA) is 83.8 Å². The number of nitrogens with zero attached hydrogens (tertiary/aromatic N) is 2. The number of ether oxygens (including phenoxy) is 4. The van der Waals surface area contributed by atoms with Gasteiger partial charge in [0.25, 0.3) is 5.91 Å². The molecule has 1 aliphatic heterocycles. The Morgan fingerprint density at radius 1 is 1.07 bits per heavy atom. The van der Waals surface area contributed by atoms with Crippen molar-refractivity contribution < 1.29 is 23.7 Å². The molecule has 0 saturated heterocycles. The number of amides is 1. The molecule has 0 bridgehead atoms. The summed E-state index contributed by atoms with van der Waals surface area (Å²) >= 11 is 0. The number of hydrogen-bond donors (Lipinski definition) is 1. The number of nitrogens with one attached hydrogen (secondary N) is 1. The molecule has 0 fully saturated rings. The Hall–Kier alpha value is -3.68. The van der Waals surface area contributed by atoms with E-state index < -0.39 is 0 Å². The molecule has 2 heterocycles. The molecule has 0 spiro atoms. The fourth-order valence-corrected chi connectivity index (χ4v) is 2.68. The highest BCUT2D eigenvalue weighted by atomic mass is 16.6. The van der Waals surface area contributed by atoms with Gasteiger partial charge in [-0.2, -0.15) is 5.10 Å². The van der Waals surface area contributed by atoms with Crippen molar-refractivity contribution in [2.75, 3.05) is 25.6 Å². The average molecular weight is 381 g/mol. The first-order valence-electron chi connectivity index (χ1n) is 8.72. The lowest BCUT2D eigenvalue weighted by atomic mass is 10.2. The van der Waals surface area contributed by atoms with Crippen LogP contribution in [0.5, 0.6) is 23.0 Å². The van der Waals surface area contributed by atoms with Crippen LogP contribution in [0.15, 0.2) is 54.7 Å². The van der Waals surface area contributed by atoms with Crippen LogP contribution < -0.4 is 24.3 Å². The Morgan fingerprint density at radius 2 is 1.82 bits per heavy atom. The smallest absolute Gasteiger partial charge is 0.276 e. The van der Waals surface area contributed by atoms with Crippen LogP contribution in [0.4, 0.5) is 5.69 Å². The molecule has 0 atom stereocenters.